The summed E-state index contributed by atoms with van der Waals surface area (Å²) in [5, 5.41) is 2.21. The summed E-state index contributed by atoms with van der Waals surface area (Å²) in [4.78, 5) is 19.9. The Morgan fingerprint density at radius 2 is 2.00 bits per heavy atom. The molecule has 6 heteroatoms. The number of nitrogens with one attached hydrogen (secondary N) is 1. The third-order valence-corrected chi connectivity index (χ3v) is 0.646. The zero-order valence-corrected chi connectivity index (χ0v) is 5.29. The SMILES string of the molecule is NC(=O)NCCOC(N)=O. The second kappa shape index (κ2) is 4.42. The summed E-state index contributed by atoms with van der Waals surface area (Å²) < 4.78 is 4.26. The van der Waals surface area contributed by atoms with E-state index in [1.54, 1.807) is 0 Å². The molecule has 0 heterocycles. The summed E-state index contributed by atoms with van der Waals surface area (Å²) in [6.45, 7) is 0.219. The fourth-order valence-corrected chi connectivity index (χ4v) is 0.326. The summed E-state index contributed by atoms with van der Waals surface area (Å²) in [6.07, 6.45) is -0.869. The van der Waals surface area contributed by atoms with Gasteiger partial charge in [0.05, 0.1) is 6.54 Å². The highest BCUT2D eigenvalue weighted by molar-refractivity contribution is 5.71. The number of hydrogen-bond acceptors (Lipinski definition) is 3. The van der Waals surface area contributed by atoms with Crippen LogP contribution in [0, 0.1) is 0 Å². The molecule has 58 valence electrons. The van der Waals surface area contributed by atoms with Crippen molar-refractivity contribution < 1.29 is 14.3 Å². The molecular weight excluding hydrogens is 138 g/mol. The van der Waals surface area contributed by atoms with E-state index in [1.807, 2.05) is 0 Å². The third-order valence-electron chi connectivity index (χ3n) is 0.646. The molecule has 0 rings (SSSR count). The molecule has 0 atom stereocenters. The molecule has 10 heavy (non-hydrogen) atoms. The van der Waals surface area contributed by atoms with Crippen molar-refractivity contribution in [1.29, 1.82) is 0 Å². The molecule has 0 aliphatic carbocycles. The van der Waals surface area contributed by atoms with Gasteiger partial charge in [-0.3, -0.25) is 0 Å². The Bertz CT molecular complexity index is 120. The van der Waals surface area contributed by atoms with Crippen LogP contribution in [0.4, 0.5) is 9.59 Å². The van der Waals surface area contributed by atoms with Crippen LogP contribution < -0.4 is 16.8 Å². The number of urea groups is 1. The van der Waals surface area contributed by atoms with Crippen molar-refractivity contribution >= 4 is 12.1 Å². The number of rotatable bonds is 3. The van der Waals surface area contributed by atoms with Crippen LogP contribution in [0.15, 0.2) is 0 Å². The summed E-state index contributed by atoms with van der Waals surface area (Å²) in [5.41, 5.74) is 9.29. The molecule has 0 aliphatic rings. The first-order chi connectivity index (χ1) is 4.63. The highest BCUT2D eigenvalue weighted by Crippen LogP contribution is 1.69. The van der Waals surface area contributed by atoms with Crippen molar-refractivity contribution in [3.63, 3.8) is 0 Å². The van der Waals surface area contributed by atoms with Crippen LogP contribution in [0.3, 0.4) is 0 Å². The van der Waals surface area contributed by atoms with Gasteiger partial charge >= 0.3 is 12.1 Å². The Kier molecular flexibility index (Phi) is 3.78. The smallest absolute Gasteiger partial charge is 0.404 e. The lowest BCUT2D eigenvalue weighted by Crippen LogP contribution is -2.33. The van der Waals surface area contributed by atoms with Crippen LogP contribution in [0.25, 0.3) is 0 Å². The zero-order valence-electron chi connectivity index (χ0n) is 5.29. The molecule has 0 aromatic carbocycles. The average molecular weight is 147 g/mol. The van der Waals surface area contributed by atoms with Crippen molar-refractivity contribution in [3.05, 3.63) is 0 Å². The van der Waals surface area contributed by atoms with Gasteiger partial charge in [-0.2, -0.15) is 0 Å². The van der Waals surface area contributed by atoms with Crippen LogP contribution in [0.2, 0.25) is 0 Å². The zero-order chi connectivity index (χ0) is 7.98. The van der Waals surface area contributed by atoms with Gasteiger partial charge in [0.1, 0.15) is 6.61 Å². The van der Waals surface area contributed by atoms with E-state index in [2.05, 4.69) is 21.5 Å². The predicted octanol–water partition coefficient (Wildman–Crippen LogP) is -1.25. The first-order valence-corrected chi connectivity index (χ1v) is 2.58. The number of amides is 3. The van der Waals surface area contributed by atoms with Crippen LogP contribution in [-0.4, -0.2) is 25.3 Å². The Labute approximate surface area is 57.5 Å². The van der Waals surface area contributed by atoms with Gasteiger partial charge in [-0.25, -0.2) is 9.59 Å². The van der Waals surface area contributed by atoms with Gasteiger partial charge in [0, 0.05) is 0 Å². The number of carbonyl (C=O) groups is 2. The van der Waals surface area contributed by atoms with Gasteiger partial charge in [-0.05, 0) is 0 Å². The minimum atomic E-state index is -0.869. The molecule has 5 N–H and O–H groups in total. The molecule has 0 fully saturated rings. The molecule has 0 saturated heterocycles. The van der Waals surface area contributed by atoms with E-state index in [4.69, 9.17) is 0 Å². The molecule has 0 bridgehead atoms. The maximum atomic E-state index is 9.98. The second-order valence-corrected chi connectivity index (χ2v) is 1.46. The van der Waals surface area contributed by atoms with Crippen molar-refractivity contribution in [1.82, 2.24) is 5.32 Å². The minimum absolute atomic E-state index is 0.0400. The van der Waals surface area contributed by atoms with E-state index >= 15 is 0 Å². The molecule has 0 aromatic heterocycles. The van der Waals surface area contributed by atoms with Crippen molar-refractivity contribution in [3.8, 4) is 0 Å². The third kappa shape index (κ3) is 6.54. The molecular formula is C4H9N3O3. The molecule has 0 aromatic rings. The van der Waals surface area contributed by atoms with Crippen LogP contribution in [-0.2, 0) is 4.74 Å². The largest absolute Gasteiger partial charge is 0.448 e. The van der Waals surface area contributed by atoms with Crippen LogP contribution >= 0.6 is 0 Å². The van der Waals surface area contributed by atoms with E-state index in [-0.39, 0.29) is 13.2 Å². The average Bonchev–Trinajstić information content (AvgIpc) is 1.79. The summed E-state index contributed by atoms with van der Waals surface area (Å²) >= 11 is 0. The van der Waals surface area contributed by atoms with Gasteiger partial charge in [0.25, 0.3) is 0 Å². The lowest BCUT2D eigenvalue weighted by atomic mass is 10.7. The lowest BCUT2D eigenvalue weighted by molar-refractivity contribution is 0.157. The van der Waals surface area contributed by atoms with Gasteiger partial charge < -0.3 is 21.5 Å². The van der Waals surface area contributed by atoms with Crippen molar-refractivity contribution in [2.45, 2.75) is 0 Å². The molecule has 0 unspecified atom stereocenters. The maximum absolute atomic E-state index is 9.98. The first-order valence-electron chi connectivity index (χ1n) is 2.58. The van der Waals surface area contributed by atoms with E-state index < -0.39 is 12.1 Å². The number of primary amides is 2. The van der Waals surface area contributed by atoms with Gasteiger partial charge in [0.15, 0.2) is 0 Å². The lowest BCUT2D eigenvalue weighted by Gasteiger charge is -2.00. The van der Waals surface area contributed by atoms with E-state index in [0.29, 0.717) is 0 Å². The topological polar surface area (TPSA) is 107 Å². The highest BCUT2D eigenvalue weighted by Gasteiger charge is 1.93. The quantitative estimate of drug-likeness (QED) is 0.434. The van der Waals surface area contributed by atoms with Crippen molar-refractivity contribution in [2.75, 3.05) is 13.2 Å². The Balaban J connectivity index is 3.06. The highest BCUT2D eigenvalue weighted by atomic mass is 16.5. The summed E-state index contributed by atoms with van der Waals surface area (Å²) in [5.74, 6) is 0. The molecule has 3 amide bonds. The molecule has 0 spiro atoms. The molecule has 0 radical (unpaired) electrons. The fraction of sp³-hybridized carbons (Fsp3) is 0.500. The monoisotopic (exact) mass is 147 g/mol. The van der Waals surface area contributed by atoms with Crippen LogP contribution in [0.1, 0.15) is 0 Å². The van der Waals surface area contributed by atoms with E-state index in [0.717, 1.165) is 0 Å². The van der Waals surface area contributed by atoms with Crippen molar-refractivity contribution in [2.24, 2.45) is 11.5 Å². The Morgan fingerprint density at radius 1 is 1.40 bits per heavy atom. The van der Waals surface area contributed by atoms with Gasteiger partial charge in [-0.15, -0.1) is 0 Å². The second-order valence-electron chi connectivity index (χ2n) is 1.46. The number of ether oxygens (including phenoxy) is 1. The summed E-state index contributed by atoms with van der Waals surface area (Å²) in [6, 6.07) is -0.659. The Hall–Kier alpha value is -1.46. The minimum Gasteiger partial charge on any atom is -0.448 e. The fourth-order valence-electron chi connectivity index (χ4n) is 0.326. The Morgan fingerprint density at radius 3 is 2.40 bits per heavy atom. The maximum Gasteiger partial charge on any atom is 0.404 e. The normalized spacial score (nSPS) is 8.40. The van der Waals surface area contributed by atoms with Gasteiger partial charge in [0.2, 0.25) is 0 Å². The molecule has 0 aliphatic heterocycles. The predicted molar refractivity (Wildman–Crippen MR) is 33.1 cm³/mol. The number of nitrogens with two attached hydrogens (primary N) is 2. The number of carbonyl (C=O) groups excluding carboxylic acids is 2. The standard InChI is InChI=1S/C4H9N3O3/c5-3(8)7-1-2-10-4(6)9/h1-2H2,(H2,6,9)(H3,5,7,8). The molecule has 0 saturated carbocycles. The van der Waals surface area contributed by atoms with E-state index in [9.17, 15) is 9.59 Å². The number of hydrogen-bond donors (Lipinski definition) is 3. The molecule has 6 nitrogen and oxygen atoms in total. The van der Waals surface area contributed by atoms with E-state index in [1.165, 1.54) is 0 Å². The van der Waals surface area contributed by atoms with Gasteiger partial charge in [-0.1, -0.05) is 0 Å². The summed E-state index contributed by atoms with van der Waals surface area (Å²) in [7, 11) is 0. The first kappa shape index (κ1) is 8.54. The van der Waals surface area contributed by atoms with Crippen LogP contribution in [0.5, 0.6) is 0 Å².